The number of amides is 1. The van der Waals surface area contributed by atoms with Gasteiger partial charge in [-0.15, -0.1) is 0 Å². The Labute approximate surface area is 148 Å². The summed E-state index contributed by atoms with van der Waals surface area (Å²) in [6.07, 6.45) is -10.1. The van der Waals surface area contributed by atoms with Crippen molar-refractivity contribution in [2.24, 2.45) is 0 Å². The number of carbonyl (C=O) groups excluding carboxylic acids is 1. The van der Waals surface area contributed by atoms with Crippen LogP contribution < -0.4 is 15.4 Å². The van der Waals surface area contributed by atoms with Gasteiger partial charge in [0.1, 0.15) is 5.75 Å². The fourth-order valence-electron chi connectivity index (χ4n) is 2.08. The monoisotopic (exact) mass is 394 g/mol. The summed E-state index contributed by atoms with van der Waals surface area (Å²) in [6.45, 7) is 0. The van der Waals surface area contributed by atoms with Crippen molar-refractivity contribution in [3.63, 3.8) is 0 Å². The van der Waals surface area contributed by atoms with Crippen molar-refractivity contribution in [3.05, 3.63) is 48.3 Å². The van der Waals surface area contributed by atoms with E-state index in [1.807, 2.05) is 0 Å². The van der Waals surface area contributed by atoms with E-state index < -0.39 is 35.4 Å². The summed E-state index contributed by atoms with van der Waals surface area (Å²) in [4.78, 5) is 18.9. The number of para-hydroxylation sites is 1. The molecule has 1 aromatic carbocycles. The number of alkyl halides is 6. The zero-order valence-corrected chi connectivity index (χ0v) is 13.5. The minimum absolute atomic E-state index is 0.204. The largest absolute Gasteiger partial charge is 0.496 e. The molecule has 0 aliphatic carbocycles. The average Bonchev–Trinajstić information content (AvgIpc) is 2.60. The fraction of sp³-hybridized carbons (Fsp3) is 0.267. The van der Waals surface area contributed by atoms with E-state index in [9.17, 15) is 31.1 Å². The quantitative estimate of drug-likeness (QED) is 0.602. The van der Waals surface area contributed by atoms with Crippen LogP contribution in [0, 0.1) is 0 Å². The van der Waals surface area contributed by atoms with E-state index in [1.165, 1.54) is 29.6 Å². The van der Waals surface area contributed by atoms with Crippen LogP contribution in [-0.4, -0.2) is 41.0 Å². The van der Waals surface area contributed by atoms with Gasteiger partial charge in [-0.25, -0.2) is 9.97 Å². The molecule has 2 aromatic rings. The lowest BCUT2D eigenvalue weighted by atomic mass is 10.1. The number of hydrogen-bond donors (Lipinski definition) is 2. The van der Waals surface area contributed by atoms with Crippen LogP contribution in [-0.2, 0) is 0 Å². The molecule has 0 atom stereocenters. The molecule has 146 valence electrons. The van der Waals surface area contributed by atoms with Gasteiger partial charge in [0.25, 0.3) is 5.91 Å². The van der Waals surface area contributed by atoms with E-state index in [0.29, 0.717) is 0 Å². The fourth-order valence-corrected chi connectivity index (χ4v) is 2.08. The Hall–Kier alpha value is -3.05. The number of rotatable bonds is 5. The Bertz CT molecular complexity index is 781. The van der Waals surface area contributed by atoms with Crippen molar-refractivity contribution in [3.8, 4) is 5.75 Å². The molecule has 12 heteroatoms. The van der Waals surface area contributed by atoms with E-state index in [-0.39, 0.29) is 5.75 Å². The van der Waals surface area contributed by atoms with Crippen LogP contribution in [0.15, 0.2) is 42.7 Å². The minimum Gasteiger partial charge on any atom is -0.496 e. The van der Waals surface area contributed by atoms with Gasteiger partial charge in [-0.05, 0) is 18.2 Å². The maximum atomic E-state index is 13.5. The summed E-state index contributed by atoms with van der Waals surface area (Å²) >= 11 is 0. The number of nitrogens with one attached hydrogen (secondary N) is 2. The number of ether oxygens (including phenoxy) is 1. The van der Waals surface area contributed by atoms with Crippen LogP contribution in [0.5, 0.6) is 5.75 Å². The Morgan fingerprint density at radius 2 is 1.52 bits per heavy atom. The van der Waals surface area contributed by atoms with Crippen molar-refractivity contribution in [2.75, 3.05) is 12.4 Å². The first-order valence-corrected chi connectivity index (χ1v) is 7.16. The second kappa shape index (κ2) is 7.29. The normalized spacial score (nSPS) is 12.4. The van der Waals surface area contributed by atoms with Crippen molar-refractivity contribution < 1.29 is 35.9 Å². The van der Waals surface area contributed by atoms with Gasteiger partial charge in [-0.2, -0.15) is 26.3 Å². The summed E-state index contributed by atoms with van der Waals surface area (Å²) in [7, 11) is 1.11. The van der Waals surface area contributed by atoms with Crippen LogP contribution >= 0.6 is 0 Å². The molecular weight excluding hydrogens is 382 g/mol. The third kappa shape index (κ3) is 4.04. The zero-order valence-electron chi connectivity index (χ0n) is 13.5. The number of anilines is 1. The topological polar surface area (TPSA) is 76.1 Å². The lowest BCUT2D eigenvalue weighted by Gasteiger charge is -2.38. The summed E-state index contributed by atoms with van der Waals surface area (Å²) in [5, 5.41) is 2.16. The molecule has 0 saturated carbocycles. The number of carbonyl (C=O) groups is 1. The summed E-state index contributed by atoms with van der Waals surface area (Å²) in [5.74, 6) is -2.85. The number of hydrogen-bond acceptors (Lipinski definition) is 5. The predicted octanol–water partition coefficient (Wildman–Crippen LogP) is 3.15. The molecule has 0 aliphatic heterocycles. The smallest absolute Gasteiger partial charge is 0.439 e. The molecule has 1 heterocycles. The lowest BCUT2D eigenvalue weighted by molar-refractivity contribution is -0.294. The lowest BCUT2D eigenvalue weighted by Crippen LogP contribution is -2.72. The molecule has 0 aliphatic rings. The standard InChI is InChI=1S/C15H12F6N4O2/c1-27-10-6-3-2-5-9(10)11(26)24-13(14(16,17)18,15(19,20)21)25-12-22-7-4-8-23-12/h2-8H,1H3,(H,24,26)(H,22,23,25). The summed E-state index contributed by atoms with van der Waals surface area (Å²) in [6, 6.07) is 6.08. The number of aromatic nitrogens is 2. The van der Waals surface area contributed by atoms with E-state index in [0.717, 1.165) is 30.9 Å². The Morgan fingerprint density at radius 1 is 0.963 bits per heavy atom. The molecule has 6 nitrogen and oxygen atoms in total. The SMILES string of the molecule is COc1ccccc1C(=O)NC(Nc1ncccn1)(C(F)(F)F)C(F)(F)F. The predicted molar refractivity (Wildman–Crippen MR) is 81.0 cm³/mol. The van der Waals surface area contributed by atoms with Crippen LogP contribution in [0.25, 0.3) is 0 Å². The zero-order chi connectivity index (χ0) is 20.3. The second-order valence-corrected chi connectivity index (χ2v) is 5.10. The molecule has 2 rings (SSSR count). The van der Waals surface area contributed by atoms with E-state index in [2.05, 4.69) is 9.97 Å². The van der Waals surface area contributed by atoms with Gasteiger partial charge in [0.05, 0.1) is 12.7 Å². The molecule has 0 fully saturated rings. The average molecular weight is 394 g/mol. The van der Waals surface area contributed by atoms with Gasteiger partial charge in [-0.3, -0.25) is 4.79 Å². The number of halogens is 6. The minimum atomic E-state index is -5.98. The highest BCUT2D eigenvalue weighted by molar-refractivity contribution is 5.97. The first-order chi connectivity index (χ1) is 12.5. The van der Waals surface area contributed by atoms with E-state index in [1.54, 1.807) is 0 Å². The van der Waals surface area contributed by atoms with Crippen molar-refractivity contribution >= 4 is 11.9 Å². The first kappa shape index (κ1) is 20.3. The van der Waals surface area contributed by atoms with Gasteiger partial charge in [0.15, 0.2) is 0 Å². The Kier molecular flexibility index (Phi) is 5.47. The van der Waals surface area contributed by atoms with Crippen molar-refractivity contribution in [1.82, 2.24) is 15.3 Å². The van der Waals surface area contributed by atoms with E-state index >= 15 is 0 Å². The van der Waals surface area contributed by atoms with Crippen LogP contribution in [0.1, 0.15) is 10.4 Å². The first-order valence-electron chi connectivity index (χ1n) is 7.16. The Morgan fingerprint density at radius 3 is 2.04 bits per heavy atom. The third-order valence-corrected chi connectivity index (χ3v) is 3.37. The van der Waals surface area contributed by atoms with Gasteiger partial charge < -0.3 is 15.4 Å². The summed E-state index contributed by atoms with van der Waals surface area (Å²) < 4.78 is 86.0. The highest BCUT2D eigenvalue weighted by Crippen LogP contribution is 2.43. The summed E-state index contributed by atoms with van der Waals surface area (Å²) in [5.41, 5.74) is -5.35. The van der Waals surface area contributed by atoms with Gasteiger partial charge in [0.2, 0.25) is 5.95 Å². The van der Waals surface area contributed by atoms with Crippen LogP contribution in [0.3, 0.4) is 0 Å². The van der Waals surface area contributed by atoms with Crippen LogP contribution in [0.2, 0.25) is 0 Å². The molecule has 27 heavy (non-hydrogen) atoms. The maximum Gasteiger partial charge on any atom is 0.439 e. The van der Waals surface area contributed by atoms with E-state index in [4.69, 9.17) is 4.74 Å². The number of nitrogens with zero attached hydrogens (tertiary/aromatic N) is 2. The highest BCUT2D eigenvalue weighted by Gasteiger charge is 2.73. The maximum absolute atomic E-state index is 13.5. The van der Waals surface area contributed by atoms with Gasteiger partial charge in [-0.1, -0.05) is 12.1 Å². The number of benzene rings is 1. The molecule has 2 N–H and O–H groups in total. The molecule has 0 spiro atoms. The molecule has 1 aromatic heterocycles. The number of methoxy groups -OCH3 is 1. The molecule has 1 amide bonds. The van der Waals surface area contributed by atoms with Crippen molar-refractivity contribution in [1.29, 1.82) is 0 Å². The molecule has 0 bridgehead atoms. The third-order valence-electron chi connectivity index (χ3n) is 3.37. The van der Waals surface area contributed by atoms with Gasteiger partial charge >= 0.3 is 18.0 Å². The molecular formula is C15H12F6N4O2. The Balaban J connectivity index is 2.53. The molecule has 0 unspecified atom stereocenters. The second-order valence-electron chi connectivity index (χ2n) is 5.10. The van der Waals surface area contributed by atoms with Crippen LogP contribution in [0.4, 0.5) is 32.3 Å². The van der Waals surface area contributed by atoms with Crippen molar-refractivity contribution in [2.45, 2.75) is 18.0 Å². The molecule has 0 radical (unpaired) electrons. The van der Waals surface area contributed by atoms with Gasteiger partial charge in [0, 0.05) is 12.4 Å². The highest BCUT2D eigenvalue weighted by atomic mass is 19.4. The molecule has 0 saturated heterocycles.